The van der Waals surface area contributed by atoms with Crippen molar-refractivity contribution in [2.75, 3.05) is 0 Å². The molecule has 1 aromatic rings. The van der Waals surface area contributed by atoms with Crippen molar-refractivity contribution in [2.45, 2.75) is 92.0 Å². The highest BCUT2D eigenvalue weighted by molar-refractivity contribution is 6.02. The number of amides is 1. The van der Waals surface area contributed by atoms with E-state index < -0.39 is 11.0 Å². The second-order valence-corrected chi connectivity index (χ2v) is 15.4. The molecule has 6 rings (SSSR count). The fourth-order valence-electron chi connectivity index (χ4n) is 10.4. The van der Waals surface area contributed by atoms with Gasteiger partial charge in [-0.3, -0.25) is 14.4 Å². The van der Waals surface area contributed by atoms with E-state index in [1.54, 1.807) is 0 Å². The first-order valence-corrected chi connectivity index (χ1v) is 15.5. The van der Waals surface area contributed by atoms with Gasteiger partial charge in [-0.05, 0) is 91.2 Å². The standard InChI is InChI=1S/C36H44N2O3/c1-22-25-12-13-34(5)28(33(25,4)19-24(21-37)30(22)40)18-27(39)29-26-20-32(2,3)14-16-36(26,17-15-35(29,34)6)38-31(41)23-10-8-7-9-11-23/h7-11,18-19,22,25-26,29H,12-17,20H2,1-6H3,(H,38,41)/t22-,25-,26?,29?,33-,34+,35+,36-/m0/s1. The highest BCUT2D eigenvalue weighted by atomic mass is 16.2. The maximum Gasteiger partial charge on any atom is 0.251 e. The Morgan fingerprint density at radius 2 is 1.63 bits per heavy atom. The quantitative estimate of drug-likeness (QED) is 0.428. The Hall–Kier alpha value is -3.00. The van der Waals surface area contributed by atoms with E-state index in [0.717, 1.165) is 50.5 Å². The first-order valence-electron chi connectivity index (χ1n) is 15.5. The summed E-state index contributed by atoms with van der Waals surface area (Å²) in [5.41, 5.74) is 0.659. The average Bonchev–Trinajstić information content (AvgIpc) is 2.93. The van der Waals surface area contributed by atoms with E-state index in [1.807, 2.05) is 49.4 Å². The number of ketones is 2. The number of nitrogens with zero attached hydrogens (tertiary/aromatic N) is 1. The molecule has 5 aliphatic carbocycles. The highest BCUT2D eigenvalue weighted by Gasteiger charge is 2.69. The van der Waals surface area contributed by atoms with Crippen LogP contribution in [0.3, 0.4) is 0 Å². The zero-order valence-electron chi connectivity index (χ0n) is 25.5. The summed E-state index contributed by atoms with van der Waals surface area (Å²) in [5.74, 6) is -0.249. The lowest BCUT2D eigenvalue weighted by molar-refractivity contribution is -0.158. The van der Waals surface area contributed by atoms with E-state index in [2.05, 4.69) is 46.0 Å². The largest absolute Gasteiger partial charge is 0.346 e. The number of rotatable bonds is 2. The molecular formula is C36H44N2O3. The van der Waals surface area contributed by atoms with Gasteiger partial charge in [0.2, 0.25) is 0 Å². The zero-order valence-corrected chi connectivity index (χ0v) is 25.5. The molecule has 41 heavy (non-hydrogen) atoms. The smallest absolute Gasteiger partial charge is 0.251 e. The lowest BCUT2D eigenvalue weighted by atomic mass is 9.36. The minimum Gasteiger partial charge on any atom is -0.346 e. The van der Waals surface area contributed by atoms with E-state index in [4.69, 9.17) is 0 Å². The maximum absolute atomic E-state index is 14.6. The molecule has 3 fully saturated rings. The van der Waals surface area contributed by atoms with Crippen molar-refractivity contribution in [2.24, 2.45) is 45.3 Å². The lowest BCUT2D eigenvalue weighted by Gasteiger charge is -2.68. The summed E-state index contributed by atoms with van der Waals surface area (Å²) in [6.07, 6.45) is 10.2. The fourth-order valence-corrected chi connectivity index (χ4v) is 10.4. The van der Waals surface area contributed by atoms with Crippen LogP contribution in [0.2, 0.25) is 0 Å². The second kappa shape index (κ2) is 9.00. The van der Waals surface area contributed by atoms with Gasteiger partial charge in [0.15, 0.2) is 11.6 Å². The summed E-state index contributed by atoms with van der Waals surface area (Å²) < 4.78 is 0. The van der Waals surface area contributed by atoms with Crippen LogP contribution in [0.15, 0.2) is 53.6 Å². The maximum atomic E-state index is 14.6. The summed E-state index contributed by atoms with van der Waals surface area (Å²) in [7, 11) is 0. The van der Waals surface area contributed by atoms with E-state index in [0.29, 0.717) is 5.56 Å². The molecule has 0 bridgehead atoms. The Labute approximate surface area is 244 Å². The van der Waals surface area contributed by atoms with Crippen molar-refractivity contribution >= 4 is 17.5 Å². The van der Waals surface area contributed by atoms with Crippen LogP contribution >= 0.6 is 0 Å². The van der Waals surface area contributed by atoms with Crippen LogP contribution in [0.5, 0.6) is 0 Å². The molecule has 0 heterocycles. The molecule has 3 saturated carbocycles. The third-order valence-corrected chi connectivity index (χ3v) is 12.9. The molecular weight excluding hydrogens is 508 g/mol. The third kappa shape index (κ3) is 3.81. The molecule has 216 valence electrons. The Balaban J connectivity index is 1.46. The molecule has 0 aromatic heterocycles. The van der Waals surface area contributed by atoms with Crippen LogP contribution in [-0.4, -0.2) is 23.0 Å². The number of allylic oxidation sites excluding steroid dienone is 4. The minimum absolute atomic E-state index is 0.0439. The van der Waals surface area contributed by atoms with Gasteiger partial charge in [-0.2, -0.15) is 5.26 Å². The molecule has 5 nitrogen and oxygen atoms in total. The van der Waals surface area contributed by atoms with Gasteiger partial charge >= 0.3 is 0 Å². The van der Waals surface area contributed by atoms with Crippen LogP contribution in [0.1, 0.15) is 96.8 Å². The Bertz CT molecular complexity index is 1430. The predicted molar refractivity (Wildman–Crippen MR) is 158 cm³/mol. The van der Waals surface area contributed by atoms with Crippen LogP contribution < -0.4 is 5.32 Å². The molecule has 0 radical (unpaired) electrons. The van der Waals surface area contributed by atoms with Crippen LogP contribution in [0, 0.1) is 56.7 Å². The van der Waals surface area contributed by atoms with E-state index >= 15 is 0 Å². The summed E-state index contributed by atoms with van der Waals surface area (Å²) >= 11 is 0. The summed E-state index contributed by atoms with van der Waals surface area (Å²) in [5, 5.41) is 13.4. The molecule has 1 amide bonds. The van der Waals surface area contributed by atoms with E-state index in [1.165, 1.54) is 0 Å². The van der Waals surface area contributed by atoms with Crippen molar-refractivity contribution in [1.29, 1.82) is 5.26 Å². The molecule has 1 N–H and O–H groups in total. The molecule has 2 unspecified atom stereocenters. The highest BCUT2D eigenvalue weighted by Crippen LogP contribution is 2.72. The van der Waals surface area contributed by atoms with Gasteiger partial charge in [0, 0.05) is 28.4 Å². The van der Waals surface area contributed by atoms with Crippen LogP contribution in [0.25, 0.3) is 0 Å². The van der Waals surface area contributed by atoms with Crippen molar-refractivity contribution < 1.29 is 14.4 Å². The molecule has 5 aliphatic rings. The number of hydrogen-bond donors (Lipinski definition) is 1. The number of nitriles is 1. The molecule has 8 atom stereocenters. The Morgan fingerprint density at radius 1 is 0.951 bits per heavy atom. The first-order chi connectivity index (χ1) is 19.2. The molecule has 0 spiro atoms. The van der Waals surface area contributed by atoms with Gasteiger partial charge in [0.25, 0.3) is 5.91 Å². The Morgan fingerprint density at radius 3 is 2.32 bits per heavy atom. The van der Waals surface area contributed by atoms with E-state index in [9.17, 15) is 19.6 Å². The number of fused-ring (bicyclic) bond motifs is 7. The van der Waals surface area contributed by atoms with Crippen LogP contribution in [-0.2, 0) is 9.59 Å². The van der Waals surface area contributed by atoms with Crippen molar-refractivity contribution in [3.8, 4) is 6.07 Å². The summed E-state index contributed by atoms with van der Waals surface area (Å²) in [6.45, 7) is 13.4. The molecule has 1 aromatic carbocycles. The summed E-state index contributed by atoms with van der Waals surface area (Å²) in [6, 6.07) is 11.6. The van der Waals surface area contributed by atoms with Gasteiger partial charge in [-0.25, -0.2) is 0 Å². The average molecular weight is 553 g/mol. The van der Waals surface area contributed by atoms with Gasteiger partial charge < -0.3 is 5.32 Å². The topological polar surface area (TPSA) is 87.0 Å². The number of carbonyl (C=O) groups is 3. The fraction of sp³-hybridized carbons (Fsp3) is 0.611. The first kappa shape index (κ1) is 28.1. The van der Waals surface area contributed by atoms with Gasteiger partial charge in [-0.1, -0.05) is 71.4 Å². The lowest BCUT2D eigenvalue weighted by Crippen LogP contribution is -2.69. The molecule has 5 heteroatoms. The minimum atomic E-state index is -0.503. The Kier molecular flexibility index (Phi) is 6.17. The SMILES string of the molecule is C[C@@H]1C(=O)C(C#N)=C[C@]2(C)C3=CC(=O)C4C5CC(C)(C)CC[C@]5(NC(=O)c5ccccc5)CC[C@@]4(C)[C@]3(C)CC[C@@H]12. The second-order valence-electron chi connectivity index (χ2n) is 15.4. The summed E-state index contributed by atoms with van der Waals surface area (Å²) in [4.78, 5) is 41.1. The van der Waals surface area contributed by atoms with Gasteiger partial charge in [-0.15, -0.1) is 0 Å². The van der Waals surface area contributed by atoms with Crippen LogP contribution in [0.4, 0.5) is 0 Å². The van der Waals surface area contributed by atoms with Crippen molar-refractivity contribution in [3.05, 3.63) is 59.2 Å². The zero-order chi connectivity index (χ0) is 29.6. The predicted octanol–water partition coefficient (Wildman–Crippen LogP) is 7.00. The monoisotopic (exact) mass is 552 g/mol. The third-order valence-electron chi connectivity index (χ3n) is 12.9. The van der Waals surface area contributed by atoms with Gasteiger partial charge in [0.05, 0.1) is 5.57 Å². The number of Topliss-reactive ketones (excluding diaryl/α,β-unsaturated/α-hetero) is 1. The van der Waals surface area contributed by atoms with E-state index in [-0.39, 0.29) is 63.0 Å². The number of carbonyl (C=O) groups excluding carboxylic acids is 3. The number of benzene rings is 1. The normalized spacial score (nSPS) is 42.8. The number of hydrogen-bond acceptors (Lipinski definition) is 4. The van der Waals surface area contributed by atoms with Gasteiger partial charge in [0.1, 0.15) is 6.07 Å². The van der Waals surface area contributed by atoms with Crippen molar-refractivity contribution in [1.82, 2.24) is 5.32 Å². The molecule has 0 saturated heterocycles. The van der Waals surface area contributed by atoms with Crippen molar-refractivity contribution in [3.63, 3.8) is 0 Å². The molecule has 0 aliphatic heterocycles. The number of nitrogens with one attached hydrogen (secondary N) is 1.